The number of methoxy groups -OCH3 is 1. The highest BCUT2D eigenvalue weighted by Gasteiger charge is 2.35. The fourth-order valence-electron chi connectivity index (χ4n) is 3.71. The van der Waals surface area contributed by atoms with Crippen LogP contribution in [0.15, 0.2) is 24.3 Å². The first-order valence-electron chi connectivity index (χ1n) is 7.79. The van der Waals surface area contributed by atoms with Gasteiger partial charge in [-0.3, -0.25) is 4.90 Å². The summed E-state index contributed by atoms with van der Waals surface area (Å²) in [7, 11) is 1.73. The van der Waals surface area contributed by atoms with Crippen LogP contribution in [0, 0.1) is 5.41 Å². The molecule has 3 heteroatoms. The van der Waals surface area contributed by atoms with Gasteiger partial charge in [-0.1, -0.05) is 19.1 Å². The molecule has 2 unspecified atom stereocenters. The van der Waals surface area contributed by atoms with Crippen LogP contribution in [-0.2, 0) is 0 Å². The van der Waals surface area contributed by atoms with E-state index in [1.807, 2.05) is 0 Å². The second kappa shape index (κ2) is 5.74. The first kappa shape index (κ1) is 13.9. The second-order valence-corrected chi connectivity index (χ2v) is 6.64. The van der Waals surface area contributed by atoms with E-state index in [0.717, 1.165) is 5.75 Å². The largest absolute Gasteiger partial charge is 0.497 e. The zero-order valence-electron chi connectivity index (χ0n) is 12.7. The number of ether oxygens (including phenoxy) is 1. The van der Waals surface area contributed by atoms with Crippen molar-refractivity contribution in [3.63, 3.8) is 0 Å². The van der Waals surface area contributed by atoms with Crippen LogP contribution in [0.1, 0.15) is 37.8 Å². The van der Waals surface area contributed by atoms with Gasteiger partial charge in [0.25, 0.3) is 0 Å². The van der Waals surface area contributed by atoms with E-state index in [1.165, 1.54) is 51.0 Å². The standard InChI is InChI=1S/C17H26N2O/c1-17(9-10-18-12-17)13-19-11-3-4-16(19)14-5-7-15(20-2)8-6-14/h5-8,16,18H,3-4,9-13H2,1-2H3. The Labute approximate surface area is 122 Å². The van der Waals surface area contributed by atoms with Crippen molar-refractivity contribution >= 4 is 0 Å². The molecule has 3 rings (SSSR count). The maximum absolute atomic E-state index is 5.26. The minimum absolute atomic E-state index is 0.453. The summed E-state index contributed by atoms with van der Waals surface area (Å²) in [6.07, 6.45) is 3.91. The van der Waals surface area contributed by atoms with E-state index in [1.54, 1.807) is 7.11 Å². The fraction of sp³-hybridized carbons (Fsp3) is 0.647. The Hall–Kier alpha value is -1.06. The molecule has 1 aromatic carbocycles. The average molecular weight is 274 g/mol. The van der Waals surface area contributed by atoms with Gasteiger partial charge in [-0.25, -0.2) is 0 Å². The number of hydrogen-bond acceptors (Lipinski definition) is 3. The van der Waals surface area contributed by atoms with E-state index < -0.39 is 0 Å². The van der Waals surface area contributed by atoms with Crippen LogP contribution in [0.25, 0.3) is 0 Å². The number of rotatable bonds is 4. The number of benzene rings is 1. The lowest BCUT2D eigenvalue weighted by Crippen LogP contribution is -2.37. The van der Waals surface area contributed by atoms with Crippen LogP contribution >= 0.6 is 0 Å². The predicted octanol–water partition coefficient (Wildman–Crippen LogP) is 2.83. The quantitative estimate of drug-likeness (QED) is 0.913. The van der Waals surface area contributed by atoms with E-state index in [0.29, 0.717) is 11.5 Å². The minimum Gasteiger partial charge on any atom is -0.497 e. The van der Waals surface area contributed by atoms with E-state index in [9.17, 15) is 0 Å². The highest BCUT2D eigenvalue weighted by molar-refractivity contribution is 5.29. The molecular formula is C17H26N2O. The molecule has 20 heavy (non-hydrogen) atoms. The highest BCUT2D eigenvalue weighted by Crippen LogP contribution is 2.36. The molecule has 0 bridgehead atoms. The van der Waals surface area contributed by atoms with Crippen molar-refractivity contribution in [3.8, 4) is 5.75 Å². The number of hydrogen-bond donors (Lipinski definition) is 1. The predicted molar refractivity (Wildman–Crippen MR) is 82.1 cm³/mol. The van der Waals surface area contributed by atoms with Crippen molar-refractivity contribution in [2.75, 3.05) is 33.3 Å². The molecule has 0 radical (unpaired) electrons. The molecule has 1 N–H and O–H groups in total. The van der Waals surface area contributed by atoms with Gasteiger partial charge in [-0.15, -0.1) is 0 Å². The van der Waals surface area contributed by atoms with E-state index in [-0.39, 0.29) is 0 Å². The van der Waals surface area contributed by atoms with Crippen LogP contribution in [0.5, 0.6) is 5.75 Å². The van der Waals surface area contributed by atoms with Crippen molar-refractivity contribution in [2.45, 2.75) is 32.2 Å². The maximum Gasteiger partial charge on any atom is 0.118 e. The maximum atomic E-state index is 5.26. The van der Waals surface area contributed by atoms with Gasteiger partial charge in [0.05, 0.1) is 7.11 Å². The van der Waals surface area contributed by atoms with Crippen molar-refractivity contribution < 1.29 is 4.74 Å². The third-order valence-electron chi connectivity index (χ3n) is 4.91. The molecule has 0 amide bonds. The third-order valence-corrected chi connectivity index (χ3v) is 4.91. The molecule has 2 heterocycles. The first-order valence-corrected chi connectivity index (χ1v) is 7.79. The van der Waals surface area contributed by atoms with Crippen LogP contribution in [-0.4, -0.2) is 38.2 Å². The molecule has 3 nitrogen and oxygen atoms in total. The topological polar surface area (TPSA) is 24.5 Å². The smallest absolute Gasteiger partial charge is 0.118 e. The van der Waals surface area contributed by atoms with Gasteiger partial charge in [0, 0.05) is 19.1 Å². The van der Waals surface area contributed by atoms with E-state index >= 15 is 0 Å². The second-order valence-electron chi connectivity index (χ2n) is 6.64. The van der Waals surface area contributed by atoms with Crippen LogP contribution < -0.4 is 10.1 Å². The first-order chi connectivity index (χ1) is 9.70. The molecular weight excluding hydrogens is 248 g/mol. The van der Waals surface area contributed by atoms with Crippen LogP contribution in [0.3, 0.4) is 0 Å². The molecule has 2 saturated heterocycles. The molecule has 2 atom stereocenters. The Balaban J connectivity index is 1.71. The zero-order valence-corrected chi connectivity index (χ0v) is 12.7. The Morgan fingerprint density at radius 1 is 1.35 bits per heavy atom. The van der Waals surface area contributed by atoms with Gasteiger partial charge in [0.2, 0.25) is 0 Å². The molecule has 1 aromatic rings. The molecule has 0 aliphatic carbocycles. The van der Waals surface area contributed by atoms with E-state index in [4.69, 9.17) is 4.74 Å². The number of nitrogens with zero attached hydrogens (tertiary/aromatic N) is 1. The monoisotopic (exact) mass is 274 g/mol. The van der Waals surface area contributed by atoms with Crippen molar-refractivity contribution in [1.82, 2.24) is 10.2 Å². The third kappa shape index (κ3) is 2.84. The Morgan fingerprint density at radius 3 is 2.80 bits per heavy atom. The van der Waals surface area contributed by atoms with Gasteiger partial charge < -0.3 is 10.1 Å². The molecule has 2 aliphatic heterocycles. The van der Waals surface area contributed by atoms with Crippen molar-refractivity contribution in [1.29, 1.82) is 0 Å². The van der Waals surface area contributed by atoms with Crippen molar-refractivity contribution in [2.24, 2.45) is 5.41 Å². The molecule has 0 spiro atoms. The Morgan fingerprint density at radius 2 is 2.15 bits per heavy atom. The number of likely N-dealkylation sites (tertiary alicyclic amines) is 1. The lowest BCUT2D eigenvalue weighted by Gasteiger charge is -2.33. The molecule has 0 aromatic heterocycles. The lowest BCUT2D eigenvalue weighted by molar-refractivity contribution is 0.165. The lowest BCUT2D eigenvalue weighted by atomic mass is 9.88. The summed E-state index contributed by atoms with van der Waals surface area (Å²) in [5.74, 6) is 0.949. The average Bonchev–Trinajstić information content (AvgIpc) is 3.09. The molecule has 110 valence electrons. The highest BCUT2D eigenvalue weighted by atomic mass is 16.5. The Kier molecular flexibility index (Phi) is 3.99. The number of nitrogens with one attached hydrogen (secondary N) is 1. The summed E-state index contributed by atoms with van der Waals surface area (Å²) in [5.41, 5.74) is 1.90. The summed E-state index contributed by atoms with van der Waals surface area (Å²) in [5, 5.41) is 3.51. The van der Waals surface area contributed by atoms with Gasteiger partial charge in [0.15, 0.2) is 0 Å². The normalized spacial score (nSPS) is 30.8. The van der Waals surface area contributed by atoms with Gasteiger partial charge in [-0.2, -0.15) is 0 Å². The Bertz CT molecular complexity index is 437. The van der Waals surface area contributed by atoms with Crippen LogP contribution in [0.4, 0.5) is 0 Å². The molecule has 0 saturated carbocycles. The van der Waals surface area contributed by atoms with Gasteiger partial charge >= 0.3 is 0 Å². The van der Waals surface area contributed by atoms with Crippen LogP contribution in [0.2, 0.25) is 0 Å². The zero-order chi connectivity index (χ0) is 14.0. The van der Waals surface area contributed by atoms with E-state index in [2.05, 4.69) is 41.4 Å². The molecule has 2 fully saturated rings. The van der Waals surface area contributed by atoms with Gasteiger partial charge in [0.1, 0.15) is 5.75 Å². The molecule has 2 aliphatic rings. The summed E-state index contributed by atoms with van der Waals surface area (Å²) >= 11 is 0. The summed E-state index contributed by atoms with van der Waals surface area (Å²) in [6, 6.07) is 9.24. The van der Waals surface area contributed by atoms with Crippen molar-refractivity contribution in [3.05, 3.63) is 29.8 Å². The summed E-state index contributed by atoms with van der Waals surface area (Å²) in [6.45, 7) is 7.23. The summed E-state index contributed by atoms with van der Waals surface area (Å²) in [4.78, 5) is 2.69. The fourth-order valence-corrected chi connectivity index (χ4v) is 3.71. The minimum atomic E-state index is 0.453. The summed E-state index contributed by atoms with van der Waals surface area (Å²) < 4.78 is 5.26. The SMILES string of the molecule is COc1ccc(C2CCCN2CC2(C)CCNC2)cc1. The van der Waals surface area contributed by atoms with Gasteiger partial charge in [-0.05, 0) is 55.5 Å².